The Hall–Kier alpha value is -2.60. The number of amides is 2. The fourth-order valence-electron chi connectivity index (χ4n) is 2.69. The molecule has 25 heavy (non-hydrogen) atoms. The van der Waals surface area contributed by atoms with Crippen LogP contribution in [-0.2, 0) is 4.79 Å². The number of pyridine rings is 1. The summed E-state index contributed by atoms with van der Waals surface area (Å²) in [5.41, 5.74) is 2.11. The normalized spacial score (nSPS) is 14.3. The zero-order chi connectivity index (χ0) is 17.8. The lowest BCUT2D eigenvalue weighted by molar-refractivity contribution is -0.118. The largest absolute Gasteiger partial charge is 0.353 e. The van der Waals surface area contributed by atoms with Crippen LogP contribution in [0.5, 0.6) is 0 Å². The smallest absolute Gasteiger partial charge is 0.257 e. The third-order valence-corrected chi connectivity index (χ3v) is 4.48. The van der Waals surface area contributed by atoms with Crippen LogP contribution in [-0.4, -0.2) is 48.4 Å². The molecule has 3 rings (SSSR count). The van der Waals surface area contributed by atoms with Crippen molar-refractivity contribution in [1.29, 1.82) is 0 Å². The minimum Gasteiger partial charge on any atom is -0.353 e. The molecule has 0 unspecified atom stereocenters. The van der Waals surface area contributed by atoms with Gasteiger partial charge in [-0.1, -0.05) is 17.7 Å². The fourth-order valence-corrected chi connectivity index (χ4v) is 2.86. The molecule has 130 valence electrons. The second-order valence-electron chi connectivity index (χ2n) is 5.95. The van der Waals surface area contributed by atoms with E-state index in [1.807, 2.05) is 19.1 Å². The molecule has 1 aliphatic heterocycles. The van der Waals surface area contributed by atoms with Crippen LogP contribution in [0.3, 0.4) is 0 Å². The van der Waals surface area contributed by atoms with Crippen molar-refractivity contribution in [2.24, 2.45) is 0 Å². The summed E-state index contributed by atoms with van der Waals surface area (Å²) < 4.78 is 0. The quantitative estimate of drug-likeness (QED) is 0.853. The molecule has 0 spiro atoms. The van der Waals surface area contributed by atoms with Crippen LogP contribution in [0.2, 0.25) is 5.02 Å². The molecule has 0 radical (unpaired) electrons. The first-order chi connectivity index (χ1) is 12.1. The molecule has 2 aromatic rings. The maximum absolute atomic E-state index is 12.4. The van der Waals surface area contributed by atoms with Gasteiger partial charge in [-0.3, -0.25) is 9.59 Å². The average Bonchev–Trinajstić information content (AvgIpc) is 2.65. The molecule has 6 nitrogen and oxygen atoms in total. The molecule has 1 aliphatic rings. The van der Waals surface area contributed by atoms with E-state index in [0.717, 1.165) is 30.9 Å². The van der Waals surface area contributed by atoms with Gasteiger partial charge in [0.25, 0.3) is 5.91 Å². The highest BCUT2D eigenvalue weighted by Crippen LogP contribution is 2.21. The minimum atomic E-state index is -0.227. The van der Waals surface area contributed by atoms with Crippen molar-refractivity contribution in [3.8, 4) is 0 Å². The summed E-state index contributed by atoms with van der Waals surface area (Å²) in [5.74, 6) is 0.580. The second kappa shape index (κ2) is 7.53. The van der Waals surface area contributed by atoms with Crippen LogP contribution in [0.1, 0.15) is 15.9 Å². The summed E-state index contributed by atoms with van der Waals surface area (Å²) in [4.78, 5) is 31.4. The van der Waals surface area contributed by atoms with Crippen LogP contribution >= 0.6 is 11.6 Å². The lowest BCUT2D eigenvalue weighted by Gasteiger charge is -2.33. The number of nitrogens with zero attached hydrogens (tertiary/aromatic N) is 3. The molecular weight excluding hydrogens is 340 g/mol. The highest BCUT2D eigenvalue weighted by molar-refractivity contribution is 6.31. The molecule has 2 amide bonds. The number of aryl methyl sites for hydroxylation is 1. The number of rotatable bonds is 4. The number of benzene rings is 1. The Morgan fingerprint density at radius 2 is 1.96 bits per heavy atom. The zero-order valence-electron chi connectivity index (χ0n) is 13.9. The van der Waals surface area contributed by atoms with Crippen molar-refractivity contribution in [2.75, 3.05) is 36.4 Å². The zero-order valence-corrected chi connectivity index (χ0v) is 14.7. The van der Waals surface area contributed by atoms with Gasteiger partial charge in [-0.05, 0) is 36.8 Å². The molecule has 0 bridgehead atoms. The molecule has 1 N–H and O–H groups in total. The number of carbonyl (C=O) groups excluding carboxylic acids is 2. The van der Waals surface area contributed by atoms with E-state index in [1.54, 1.807) is 29.3 Å². The summed E-state index contributed by atoms with van der Waals surface area (Å²) in [6.45, 7) is 4.74. The van der Waals surface area contributed by atoms with Gasteiger partial charge < -0.3 is 15.1 Å². The van der Waals surface area contributed by atoms with E-state index < -0.39 is 0 Å². The fraction of sp³-hybridized carbons (Fsp3) is 0.278. The van der Waals surface area contributed by atoms with Crippen molar-refractivity contribution in [1.82, 2.24) is 9.88 Å². The maximum atomic E-state index is 12.4. The van der Waals surface area contributed by atoms with E-state index in [2.05, 4.69) is 15.2 Å². The molecule has 0 aliphatic carbocycles. The number of hydrogen-bond donors (Lipinski definition) is 1. The summed E-state index contributed by atoms with van der Waals surface area (Å²) in [5, 5.41) is 3.43. The van der Waals surface area contributed by atoms with Gasteiger partial charge in [0.15, 0.2) is 0 Å². The Balaban J connectivity index is 1.66. The van der Waals surface area contributed by atoms with Gasteiger partial charge in [0, 0.05) is 43.1 Å². The molecule has 0 atom stereocenters. The molecule has 0 saturated carbocycles. The van der Waals surface area contributed by atoms with Gasteiger partial charge >= 0.3 is 0 Å². The summed E-state index contributed by atoms with van der Waals surface area (Å²) >= 11 is 5.98. The monoisotopic (exact) mass is 358 g/mol. The van der Waals surface area contributed by atoms with Crippen LogP contribution in [0.15, 0.2) is 36.5 Å². The Morgan fingerprint density at radius 3 is 2.60 bits per heavy atom. The van der Waals surface area contributed by atoms with Gasteiger partial charge in [-0.15, -0.1) is 0 Å². The van der Waals surface area contributed by atoms with E-state index >= 15 is 0 Å². The van der Waals surface area contributed by atoms with Gasteiger partial charge in [-0.25, -0.2) is 4.98 Å². The lowest BCUT2D eigenvalue weighted by atomic mass is 10.2. The Bertz CT molecular complexity index is 771. The first-order valence-electron chi connectivity index (χ1n) is 8.04. The molecular formula is C18H19ClN4O2. The average molecular weight is 359 g/mol. The number of halogens is 1. The van der Waals surface area contributed by atoms with Crippen molar-refractivity contribution >= 4 is 35.4 Å². The highest BCUT2D eigenvalue weighted by Gasteiger charge is 2.17. The van der Waals surface area contributed by atoms with Gasteiger partial charge in [0.2, 0.25) is 6.41 Å². The third kappa shape index (κ3) is 4.09. The van der Waals surface area contributed by atoms with E-state index in [1.165, 1.54) is 0 Å². The van der Waals surface area contributed by atoms with E-state index in [4.69, 9.17) is 11.6 Å². The number of nitrogens with one attached hydrogen (secondary N) is 1. The maximum Gasteiger partial charge on any atom is 0.257 e. The standard InChI is InChI=1S/C18H19ClN4O2/c1-13-2-4-15(19)10-16(13)21-18(25)14-3-5-17(20-11-14)23-8-6-22(12-24)7-9-23/h2-5,10-12H,6-9H2,1H3,(H,21,25). The number of piperazine rings is 1. The topological polar surface area (TPSA) is 65.5 Å². The third-order valence-electron chi connectivity index (χ3n) is 4.25. The number of anilines is 2. The SMILES string of the molecule is Cc1ccc(Cl)cc1NC(=O)c1ccc(N2CCN(C=O)CC2)nc1. The molecule has 1 fully saturated rings. The summed E-state index contributed by atoms with van der Waals surface area (Å²) in [7, 11) is 0. The van der Waals surface area contributed by atoms with Gasteiger partial charge in [0.05, 0.1) is 5.56 Å². The second-order valence-corrected chi connectivity index (χ2v) is 6.38. The lowest BCUT2D eigenvalue weighted by Crippen LogP contribution is -2.46. The number of aromatic nitrogens is 1. The van der Waals surface area contributed by atoms with E-state index in [0.29, 0.717) is 29.4 Å². The molecule has 1 aromatic carbocycles. The first kappa shape index (κ1) is 17.2. The van der Waals surface area contributed by atoms with E-state index in [-0.39, 0.29) is 5.91 Å². The molecule has 1 aromatic heterocycles. The Morgan fingerprint density at radius 1 is 1.20 bits per heavy atom. The van der Waals surface area contributed by atoms with Crippen LogP contribution in [0.4, 0.5) is 11.5 Å². The minimum absolute atomic E-state index is 0.227. The van der Waals surface area contributed by atoms with Crippen molar-refractivity contribution < 1.29 is 9.59 Å². The summed E-state index contributed by atoms with van der Waals surface area (Å²) in [6, 6.07) is 8.95. The van der Waals surface area contributed by atoms with Crippen LogP contribution < -0.4 is 10.2 Å². The van der Waals surface area contributed by atoms with Gasteiger partial charge in [0.1, 0.15) is 5.82 Å². The van der Waals surface area contributed by atoms with Crippen LogP contribution in [0, 0.1) is 6.92 Å². The van der Waals surface area contributed by atoms with E-state index in [9.17, 15) is 9.59 Å². The predicted octanol–water partition coefficient (Wildman–Crippen LogP) is 2.57. The van der Waals surface area contributed by atoms with Crippen molar-refractivity contribution in [3.63, 3.8) is 0 Å². The number of hydrogen-bond acceptors (Lipinski definition) is 4. The molecule has 2 heterocycles. The predicted molar refractivity (Wildman–Crippen MR) is 98.2 cm³/mol. The van der Waals surface area contributed by atoms with Crippen molar-refractivity contribution in [3.05, 3.63) is 52.7 Å². The number of carbonyl (C=O) groups is 2. The van der Waals surface area contributed by atoms with Crippen LogP contribution in [0.25, 0.3) is 0 Å². The Labute approximate surface area is 151 Å². The highest BCUT2D eigenvalue weighted by atomic mass is 35.5. The first-order valence-corrected chi connectivity index (χ1v) is 8.42. The van der Waals surface area contributed by atoms with Gasteiger partial charge in [-0.2, -0.15) is 0 Å². The van der Waals surface area contributed by atoms with Crippen molar-refractivity contribution in [2.45, 2.75) is 6.92 Å². The molecule has 7 heteroatoms. The Kier molecular flexibility index (Phi) is 5.19. The molecule has 1 saturated heterocycles. The summed E-state index contributed by atoms with van der Waals surface area (Å²) in [6.07, 6.45) is 2.44.